The van der Waals surface area contributed by atoms with Crippen molar-refractivity contribution in [2.75, 3.05) is 11.4 Å². The first kappa shape index (κ1) is 13.5. The average Bonchev–Trinajstić information content (AvgIpc) is 2.89. The minimum atomic E-state index is -0.464. The highest BCUT2D eigenvalue weighted by Gasteiger charge is 2.32. The second-order valence-electron chi connectivity index (χ2n) is 5.13. The first-order chi connectivity index (χ1) is 10.2. The second kappa shape index (κ2) is 5.51. The molecule has 0 unspecified atom stereocenters. The molecule has 1 saturated heterocycles. The summed E-state index contributed by atoms with van der Waals surface area (Å²) in [7, 11) is 0. The Bertz CT molecular complexity index is 681. The van der Waals surface area contributed by atoms with Crippen molar-refractivity contribution in [1.29, 1.82) is 5.26 Å². The molecule has 0 bridgehead atoms. The molecule has 0 aliphatic carbocycles. The Morgan fingerprint density at radius 3 is 2.86 bits per heavy atom. The van der Waals surface area contributed by atoms with Crippen LogP contribution in [0.2, 0.25) is 0 Å². The van der Waals surface area contributed by atoms with Crippen molar-refractivity contribution in [1.82, 2.24) is 4.98 Å². The van der Waals surface area contributed by atoms with Crippen LogP contribution in [0.3, 0.4) is 0 Å². The molecule has 2 atom stereocenters. The highest BCUT2D eigenvalue weighted by atomic mass is 19.1. The van der Waals surface area contributed by atoms with E-state index in [-0.39, 0.29) is 11.9 Å². The van der Waals surface area contributed by atoms with Crippen molar-refractivity contribution < 1.29 is 9.50 Å². The zero-order valence-corrected chi connectivity index (χ0v) is 11.3. The average molecular weight is 283 g/mol. The van der Waals surface area contributed by atoms with Gasteiger partial charge >= 0.3 is 0 Å². The molecule has 4 nitrogen and oxygen atoms in total. The molecule has 0 spiro atoms. The van der Waals surface area contributed by atoms with Crippen molar-refractivity contribution in [3.05, 3.63) is 59.7 Å². The Balaban J connectivity index is 1.93. The van der Waals surface area contributed by atoms with E-state index < -0.39 is 6.10 Å². The predicted molar refractivity (Wildman–Crippen MR) is 76.1 cm³/mol. The topological polar surface area (TPSA) is 60.2 Å². The molecule has 1 aromatic carbocycles. The summed E-state index contributed by atoms with van der Waals surface area (Å²) < 4.78 is 13.4. The minimum Gasteiger partial charge on any atom is -0.391 e. The van der Waals surface area contributed by atoms with Crippen LogP contribution in [-0.4, -0.2) is 22.7 Å². The number of anilines is 1. The van der Waals surface area contributed by atoms with Crippen molar-refractivity contribution in [2.24, 2.45) is 0 Å². The van der Waals surface area contributed by atoms with E-state index in [0.717, 1.165) is 11.3 Å². The zero-order valence-electron chi connectivity index (χ0n) is 11.3. The fraction of sp³-hybridized carbons (Fsp3) is 0.250. The van der Waals surface area contributed by atoms with E-state index in [4.69, 9.17) is 5.26 Å². The SMILES string of the molecule is N#Cc1ccc(N2C[C@H](O)C[C@@H]2c2cccc(F)c2)cn1. The third-order valence-electron chi connectivity index (χ3n) is 3.71. The Morgan fingerprint density at radius 2 is 2.19 bits per heavy atom. The molecule has 3 rings (SSSR count). The smallest absolute Gasteiger partial charge is 0.140 e. The lowest BCUT2D eigenvalue weighted by molar-refractivity contribution is 0.194. The number of benzene rings is 1. The van der Waals surface area contributed by atoms with E-state index in [9.17, 15) is 9.50 Å². The number of aliphatic hydroxyl groups is 1. The van der Waals surface area contributed by atoms with Gasteiger partial charge in [0.2, 0.25) is 0 Å². The summed E-state index contributed by atoms with van der Waals surface area (Å²) in [5.74, 6) is -0.285. The Kier molecular flexibility index (Phi) is 3.55. The fourth-order valence-electron chi connectivity index (χ4n) is 2.75. The lowest BCUT2D eigenvalue weighted by Gasteiger charge is -2.26. The van der Waals surface area contributed by atoms with Gasteiger partial charge in [-0.3, -0.25) is 0 Å². The van der Waals surface area contributed by atoms with Gasteiger partial charge in [0.05, 0.1) is 24.0 Å². The van der Waals surface area contributed by atoms with Crippen LogP contribution < -0.4 is 4.90 Å². The number of halogens is 1. The monoisotopic (exact) mass is 283 g/mol. The van der Waals surface area contributed by atoms with Gasteiger partial charge in [-0.25, -0.2) is 9.37 Å². The van der Waals surface area contributed by atoms with Gasteiger partial charge in [0, 0.05) is 6.54 Å². The Hall–Kier alpha value is -2.45. The highest BCUT2D eigenvalue weighted by Crippen LogP contribution is 2.36. The van der Waals surface area contributed by atoms with E-state index in [1.807, 2.05) is 17.0 Å². The molecule has 1 aliphatic heterocycles. The number of β-amino-alcohol motifs (C(OH)–C–C–N with tert-alkyl or cyclic N) is 1. The molecule has 21 heavy (non-hydrogen) atoms. The zero-order chi connectivity index (χ0) is 14.8. The number of nitriles is 1. The van der Waals surface area contributed by atoms with Gasteiger partial charge in [0.1, 0.15) is 17.6 Å². The second-order valence-corrected chi connectivity index (χ2v) is 5.13. The Morgan fingerprint density at radius 1 is 1.33 bits per heavy atom. The molecule has 1 N–H and O–H groups in total. The molecule has 1 aromatic heterocycles. The minimum absolute atomic E-state index is 0.0922. The summed E-state index contributed by atoms with van der Waals surface area (Å²) in [6, 6.07) is 11.8. The quantitative estimate of drug-likeness (QED) is 0.919. The number of aromatic nitrogens is 1. The van der Waals surface area contributed by atoms with E-state index >= 15 is 0 Å². The maximum absolute atomic E-state index is 13.4. The van der Waals surface area contributed by atoms with Crippen LogP contribution in [0.25, 0.3) is 0 Å². The van der Waals surface area contributed by atoms with Crippen LogP contribution in [0.1, 0.15) is 23.7 Å². The maximum atomic E-state index is 13.4. The predicted octanol–water partition coefficient (Wildman–Crippen LogP) is 2.40. The molecule has 1 fully saturated rings. The number of rotatable bonds is 2. The van der Waals surface area contributed by atoms with E-state index in [1.165, 1.54) is 12.1 Å². The van der Waals surface area contributed by atoms with Gasteiger partial charge in [-0.1, -0.05) is 12.1 Å². The molecule has 0 radical (unpaired) electrons. The largest absolute Gasteiger partial charge is 0.391 e. The summed E-state index contributed by atoms with van der Waals surface area (Å²) in [5, 5.41) is 18.7. The summed E-state index contributed by atoms with van der Waals surface area (Å²) in [6.07, 6.45) is 1.70. The number of aliphatic hydroxyl groups excluding tert-OH is 1. The summed E-state index contributed by atoms with van der Waals surface area (Å²) >= 11 is 0. The third-order valence-corrected chi connectivity index (χ3v) is 3.71. The van der Waals surface area contributed by atoms with Crippen LogP contribution in [0.5, 0.6) is 0 Å². The Labute approximate surface area is 122 Å². The highest BCUT2D eigenvalue weighted by molar-refractivity contribution is 5.50. The normalized spacial score (nSPS) is 21.3. The molecule has 2 aromatic rings. The van der Waals surface area contributed by atoms with Gasteiger partial charge < -0.3 is 10.0 Å². The standard InChI is InChI=1S/C16H14FN3O/c17-12-3-1-2-11(6-12)16-7-15(21)10-20(16)14-5-4-13(8-18)19-9-14/h1-6,9,15-16,21H,7,10H2/t15-,16-/m1/s1. The first-order valence-corrected chi connectivity index (χ1v) is 6.73. The van der Waals surface area contributed by atoms with Crippen LogP contribution in [0.15, 0.2) is 42.6 Å². The van der Waals surface area contributed by atoms with Crippen molar-refractivity contribution in [3.8, 4) is 6.07 Å². The molecule has 106 valence electrons. The molecular weight excluding hydrogens is 269 g/mol. The molecule has 0 saturated carbocycles. The van der Waals surface area contributed by atoms with Gasteiger partial charge in [-0.2, -0.15) is 5.26 Å². The molecule has 2 heterocycles. The van der Waals surface area contributed by atoms with Gasteiger partial charge in [0.15, 0.2) is 0 Å². The lowest BCUT2D eigenvalue weighted by atomic mass is 10.0. The number of hydrogen-bond acceptors (Lipinski definition) is 4. The van der Waals surface area contributed by atoms with Crippen LogP contribution >= 0.6 is 0 Å². The fourth-order valence-corrected chi connectivity index (χ4v) is 2.75. The molecule has 1 aliphatic rings. The van der Waals surface area contributed by atoms with E-state index in [1.54, 1.807) is 24.4 Å². The van der Waals surface area contributed by atoms with Crippen LogP contribution in [-0.2, 0) is 0 Å². The van der Waals surface area contributed by atoms with Gasteiger partial charge in [-0.15, -0.1) is 0 Å². The number of hydrogen-bond donors (Lipinski definition) is 1. The molecule has 5 heteroatoms. The summed E-state index contributed by atoms with van der Waals surface area (Å²) in [6.45, 7) is 0.467. The molecule has 0 amide bonds. The van der Waals surface area contributed by atoms with Gasteiger partial charge in [-0.05, 0) is 36.2 Å². The van der Waals surface area contributed by atoms with E-state index in [2.05, 4.69) is 4.98 Å². The van der Waals surface area contributed by atoms with E-state index in [0.29, 0.717) is 18.7 Å². The van der Waals surface area contributed by atoms with Crippen LogP contribution in [0.4, 0.5) is 10.1 Å². The number of pyridine rings is 1. The first-order valence-electron chi connectivity index (χ1n) is 6.73. The van der Waals surface area contributed by atoms with Crippen molar-refractivity contribution in [2.45, 2.75) is 18.6 Å². The molecular formula is C16H14FN3O. The van der Waals surface area contributed by atoms with Crippen LogP contribution in [0, 0.1) is 17.1 Å². The number of nitrogens with zero attached hydrogens (tertiary/aromatic N) is 3. The maximum Gasteiger partial charge on any atom is 0.140 e. The summed E-state index contributed by atoms with van der Waals surface area (Å²) in [5.41, 5.74) is 2.00. The third kappa shape index (κ3) is 2.71. The van der Waals surface area contributed by atoms with Crippen molar-refractivity contribution in [3.63, 3.8) is 0 Å². The summed E-state index contributed by atoms with van der Waals surface area (Å²) in [4.78, 5) is 6.05. The van der Waals surface area contributed by atoms with Crippen molar-refractivity contribution >= 4 is 5.69 Å². The lowest BCUT2D eigenvalue weighted by Crippen LogP contribution is -2.24. The van der Waals surface area contributed by atoms with Gasteiger partial charge in [0.25, 0.3) is 0 Å².